The van der Waals surface area contributed by atoms with Gasteiger partial charge in [0.05, 0.1) is 31.1 Å². The summed E-state index contributed by atoms with van der Waals surface area (Å²) in [7, 11) is 2.07. The first kappa shape index (κ1) is 13.6. The Balaban J connectivity index is 1.62. The molecule has 6 nitrogen and oxygen atoms in total. The summed E-state index contributed by atoms with van der Waals surface area (Å²) in [5.41, 5.74) is 0.767. The second-order valence-corrected chi connectivity index (χ2v) is 5.79. The van der Waals surface area contributed by atoms with Crippen LogP contribution in [0.1, 0.15) is 19.3 Å². The van der Waals surface area contributed by atoms with E-state index in [0.29, 0.717) is 12.6 Å². The Bertz CT molecular complexity index is 512. The molecule has 0 spiro atoms. The molecule has 2 aliphatic rings. The predicted octanol–water partition coefficient (Wildman–Crippen LogP) is 0.538. The summed E-state index contributed by atoms with van der Waals surface area (Å²) in [4.78, 5) is 14.3. The summed E-state index contributed by atoms with van der Waals surface area (Å²) in [5.74, 6) is 0. The Morgan fingerprint density at radius 2 is 2.35 bits per heavy atom. The maximum atomic E-state index is 12.1. The summed E-state index contributed by atoms with van der Waals surface area (Å²) in [5, 5.41) is 7.59. The monoisotopic (exact) mass is 278 g/mol. The zero-order valence-corrected chi connectivity index (χ0v) is 11.9. The molecule has 2 fully saturated rings. The third-order valence-electron chi connectivity index (χ3n) is 4.06. The average Bonchev–Trinajstić information content (AvgIpc) is 2.37. The zero-order chi connectivity index (χ0) is 13.9. The normalized spacial score (nSPS) is 24.4. The Kier molecular flexibility index (Phi) is 4.03. The topological polar surface area (TPSA) is 59.4 Å². The second kappa shape index (κ2) is 5.93. The largest absolute Gasteiger partial charge is 0.381 e. The molecule has 20 heavy (non-hydrogen) atoms. The van der Waals surface area contributed by atoms with Gasteiger partial charge in [-0.1, -0.05) is 0 Å². The molecule has 1 saturated heterocycles. The molecule has 3 rings (SSSR count). The van der Waals surface area contributed by atoms with Crippen LogP contribution in [0.15, 0.2) is 17.1 Å². The van der Waals surface area contributed by atoms with E-state index in [4.69, 9.17) is 4.74 Å². The third kappa shape index (κ3) is 3.19. The highest BCUT2D eigenvalue weighted by Crippen LogP contribution is 2.22. The fourth-order valence-electron chi connectivity index (χ4n) is 2.61. The summed E-state index contributed by atoms with van der Waals surface area (Å²) in [6.45, 7) is 3.03. The van der Waals surface area contributed by atoms with E-state index in [0.717, 1.165) is 25.4 Å². The predicted molar refractivity (Wildman–Crippen MR) is 77.0 cm³/mol. The van der Waals surface area contributed by atoms with Crippen LogP contribution in [-0.2, 0) is 11.3 Å². The van der Waals surface area contributed by atoms with Crippen molar-refractivity contribution in [1.82, 2.24) is 14.7 Å². The first-order valence-corrected chi connectivity index (χ1v) is 7.34. The van der Waals surface area contributed by atoms with E-state index in [1.54, 1.807) is 12.3 Å². The van der Waals surface area contributed by atoms with E-state index in [9.17, 15) is 4.79 Å². The van der Waals surface area contributed by atoms with Crippen LogP contribution >= 0.6 is 0 Å². The minimum Gasteiger partial charge on any atom is -0.381 e. The van der Waals surface area contributed by atoms with E-state index >= 15 is 0 Å². The lowest BCUT2D eigenvalue weighted by Crippen LogP contribution is -2.43. The molecule has 110 valence electrons. The molecule has 1 saturated carbocycles. The summed E-state index contributed by atoms with van der Waals surface area (Å²) in [6.07, 6.45) is 5.43. The molecule has 1 N–H and O–H groups in total. The molecule has 1 aliphatic heterocycles. The van der Waals surface area contributed by atoms with E-state index in [1.165, 1.54) is 23.9 Å². The van der Waals surface area contributed by atoms with Crippen molar-refractivity contribution in [3.05, 3.63) is 22.6 Å². The SMILES string of the molecule is CN1CCOC(Cn2ncc(NC3CCC3)cc2=O)C1. The lowest BCUT2D eigenvalue weighted by atomic mass is 9.93. The van der Waals surface area contributed by atoms with Crippen molar-refractivity contribution in [1.29, 1.82) is 0 Å². The second-order valence-electron chi connectivity index (χ2n) is 5.79. The molecule has 1 atom stereocenters. The number of hydrogen-bond acceptors (Lipinski definition) is 5. The van der Waals surface area contributed by atoms with Gasteiger partial charge in [0.2, 0.25) is 0 Å². The number of hydrogen-bond donors (Lipinski definition) is 1. The number of rotatable bonds is 4. The molecule has 1 unspecified atom stereocenters. The van der Waals surface area contributed by atoms with Crippen molar-refractivity contribution in [3.63, 3.8) is 0 Å². The summed E-state index contributed by atoms with van der Waals surface area (Å²) >= 11 is 0. The number of nitrogens with one attached hydrogen (secondary N) is 1. The van der Waals surface area contributed by atoms with Crippen LogP contribution in [0.4, 0.5) is 5.69 Å². The molecule has 1 aliphatic carbocycles. The van der Waals surface area contributed by atoms with Gasteiger partial charge in [-0.05, 0) is 26.3 Å². The van der Waals surface area contributed by atoms with Gasteiger partial charge in [-0.15, -0.1) is 0 Å². The van der Waals surface area contributed by atoms with Crippen LogP contribution < -0.4 is 10.9 Å². The highest BCUT2D eigenvalue weighted by molar-refractivity contribution is 5.40. The number of morpholine rings is 1. The van der Waals surface area contributed by atoms with E-state index in [1.807, 2.05) is 0 Å². The number of anilines is 1. The maximum absolute atomic E-state index is 12.1. The van der Waals surface area contributed by atoms with Gasteiger partial charge < -0.3 is 15.0 Å². The molecule has 0 radical (unpaired) electrons. The average molecular weight is 278 g/mol. The molecule has 6 heteroatoms. The van der Waals surface area contributed by atoms with Gasteiger partial charge in [0, 0.05) is 25.2 Å². The highest BCUT2D eigenvalue weighted by atomic mass is 16.5. The molecule has 0 amide bonds. The number of ether oxygens (including phenoxy) is 1. The molecule has 0 bridgehead atoms. The van der Waals surface area contributed by atoms with Crippen LogP contribution in [0.25, 0.3) is 0 Å². The molecular formula is C14H22N4O2. The van der Waals surface area contributed by atoms with Crippen molar-refractivity contribution in [2.75, 3.05) is 32.1 Å². The fraction of sp³-hybridized carbons (Fsp3) is 0.714. The first-order valence-electron chi connectivity index (χ1n) is 7.34. The lowest BCUT2D eigenvalue weighted by molar-refractivity contribution is -0.0297. The van der Waals surface area contributed by atoms with Crippen LogP contribution in [0, 0.1) is 0 Å². The highest BCUT2D eigenvalue weighted by Gasteiger charge is 2.20. The molecule has 1 aromatic heterocycles. The Morgan fingerprint density at radius 3 is 3.00 bits per heavy atom. The number of nitrogens with zero attached hydrogens (tertiary/aromatic N) is 3. The van der Waals surface area contributed by atoms with Crippen LogP contribution in [0.5, 0.6) is 0 Å². The van der Waals surface area contributed by atoms with Gasteiger partial charge in [0.1, 0.15) is 0 Å². The Labute approximate surface area is 118 Å². The van der Waals surface area contributed by atoms with Gasteiger partial charge in [-0.3, -0.25) is 4.79 Å². The summed E-state index contributed by atoms with van der Waals surface area (Å²) in [6, 6.07) is 2.15. The zero-order valence-electron chi connectivity index (χ0n) is 11.9. The first-order chi connectivity index (χ1) is 9.70. The van der Waals surface area contributed by atoms with E-state index in [-0.39, 0.29) is 11.7 Å². The van der Waals surface area contributed by atoms with Crippen LogP contribution in [0.3, 0.4) is 0 Å². The van der Waals surface area contributed by atoms with Crippen molar-refractivity contribution in [2.45, 2.75) is 38.0 Å². The van der Waals surface area contributed by atoms with Gasteiger partial charge in [0.15, 0.2) is 0 Å². The molecular weight excluding hydrogens is 256 g/mol. The van der Waals surface area contributed by atoms with Gasteiger partial charge in [0.25, 0.3) is 5.56 Å². The Morgan fingerprint density at radius 1 is 1.50 bits per heavy atom. The smallest absolute Gasteiger partial charge is 0.268 e. The van der Waals surface area contributed by atoms with Gasteiger partial charge in [-0.2, -0.15) is 5.10 Å². The summed E-state index contributed by atoms with van der Waals surface area (Å²) < 4.78 is 7.17. The van der Waals surface area contributed by atoms with E-state index < -0.39 is 0 Å². The van der Waals surface area contributed by atoms with E-state index in [2.05, 4.69) is 22.4 Å². The molecule has 0 aromatic carbocycles. The van der Waals surface area contributed by atoms with Gasteiger partial charge >= 0.3 is 0 Å². The quantitative estimate of drug-likeness (QED) is 0.871. The standard InChI is InChI=1S/C14H22N4O2/c1-17-5-6-20-13(9-17)10-18-14(19)7-12(8-15-18)16-11-3-2-4-11/h7-8,11,13,16H,2-6,9-10H2,1H3. The van der Waals surface area contributed by atoms with Crippen molar-refractivity contribution in [3.8, 4) is 0 Å². The van der Waals surface area contributed by atoms with Crippen LogP contribution in [0.2, 0.25) is 0 Å². The third-order valence-corrected chi connectivity index (χ3v) is 4.06. The van der Waals surface area contributed by atoms with Gasteiger partial charge in [-0.25, -0.2) is 4.68 Å². The van der Waals surface area contributed by atoms with Crippen molar-refractivity contribution >= 4 is 5.69 Å². The minimum atomic E-state index is -0.0637. The molecule has 1 aromatic rings. The van der Waals surface area contributed by atoms with Crippen LogP contribution in [-0.4, -0.2) is 53.6 Å². The number of aromatic nitrogens is 2. The number of likely N-dealkylation sites (N-methyl/N-ethyl adjacent to an activating group) is 1. The fourth-order valence-corrected chi connectivity index (χ4v) is 2.61. The molecule has 2 heterocycles. The van der Waals surface area contributed by atoms with Crippen molar-refractivity contribution < 1.29 is 4.74 Å². The minimum absolute atomic E-state index is 0.0457. The maximum Gasteiger partial charge on any atom is 0.268 e. The van der Waals surface area contributed by atoms with Crippen molar-refractivity contribution in [2.24, 2.45) is 0 Å². The Hall–Kier alpha value is -1.40. The lowest BCUT2D eigenvalue weighted by Gasteiger charge is -2.30.